The zero-order valence-electron chi connectivity index (χ0n) is 19.1. The van der Waals surface area contributed by atoms with Gasteiger partial charge in [0.2, 0.25) is 5.76 Å². The Morgan fingerprint density at radius 3 is 2.72 bits per heavy atom. The molecular formula is C26H35N3O3. The number of aromatic nitrogens is 1. The van der Waals surface area contributed by atoms with Gasteiger partial charge in [-0.05, 0) is 95.0 Å². The summed E-state index contributed by atoms with van der Waals surface area (Å²) in [5, 5.41) is 6.92. The fourth-order valence-corrected chi connectivity index (χ4v) is 5.79. The molecule has 1 aromatic heterocycles. The van der Waals surface area contributed by atoms with Crippen LogP contribution < -0.4 is 10.1 Å². The third-order valence-electron chi connectivity index (χ3n) is 7.69. The number of likely N-dealkylation sites (tertiary alicyclic amines) is 1. The van der Waals surface area contributed by atoms with Gasteiger partial charge in [0.05, 0.1) is 12.3 Å². The molecule has 0 bridgehead atoms. The summed E-state index contributed by atoms with van der Waals surface area (Å²) in [5.74, 6) is 2.78. The lowest BCUT2D eigenvalue weighted by atomic mass is 9.83. The van der Waals surface area contributed by atoms with Crippen molar-refractivity contribution in [1.82, 2.24) is 15.4 Å². The van der Waals surface area contributed by atoms with E-state index < -0.39 is 0 Å². The van der Waals surface area contributed by atoms with Crippen molar-refractivity contribution in [1.29, 1.82) is 0 Å². The van der Waals surface area contributed by atoms with Gasteiger partial charge in [0.25, 0.3) is 5.91 Å². The van der Waals surface area contributed by atoms with Crippen molar-refractivity contribution >= 4 is 5.91 Å². The van der Waals surface area contributed by atoms with Gasteiger partial charge in [-0.25, -0.2) is 0 Å². The smallest absolute Gasteiger partial charge is 0.290 e. The summed E-state index contributed by atoms with van der Waals surface area (Å²) in [4.78, 5) is 14.9. The highest BCUT2D eigenvalue weighted by Gasteiger charge is 2.27. The van der Waals surface area contributed by atoms with Gasteiger partial charge in [-0.15, -0.1) is 0 Å². The maximum Gasteiger partial charge on any atom is 0.290 e. The summed E-state index contributed by atoms with van der Waals surface area (Å²) in [6.07, 6.45) is 9.40. The van der Waals surface area contributed by atoms with Crippen molar-refractivity contribution in [3.63, 3.8) is 0 Å². The quantitative estimate of drug-likeness (QED) is 0.722. The second-order valence-electron chi connectivity index (χ2n) is 9.85. The normalized spacial score (nSPS) is 24.2. The Hall–Kier alpha value is -2.34. The fraction of sp³-hybridized carbons (Fsp3) is 0.615. The molecule has 32 heavy (non-hydrogen) atoms. The molecule has 6 heteroatoms. The molecule has 1 aromatic carbocycles. The lowest BCUT2D eigenvalue weighted by Crippen LogP contribution is -2.38. The van der Waals surface area contributed by atoms with Crippen LogP contribution >= 0.6 is 0 Å². The molecule has 2 aliphatic heterocycles. The van der Waals surface area contributed by atoms with Crippen molar-refractivity contribution in [2.45, 2.75) is 70.3 Å². The van der Waals surface area contributed by atoms with E-state index in [1.165, 1.54) is 57.3 Å². The summed E-state index contributed by atoms with van der Waals surface area (Å²) < 4.78 is 10.8. The highest BCUT2D eigenvalue weighted by atomic mass is 16.5. The molecule has 3 heterocycles. The van der Waals surface area contributed by atoms with Crippen molar-refractivity contribution < 1.29 is 14.1 Å². The van der Waals surface area contributed by atoms with Crippen LogP contribution in [0.4, 0.5) is 0 Å². The number of ether oxygens (including phenoxy) is 1. The number of rotatable bonds is 6. The van der Waals surface area contributed by atoms with Gasteiger partial charge in [0.15, 0.2) is 0 Å². The lowest BCUT2D eigenvalue weighted by Gasteiger charge is -2.35. The molecule has 0 unspecified atom stereocenters. The first-order valence-corrected chi connectivity index (χ1v) is 12.4. The van der Waals surface area contributed by atoms with E-state index in [0.717, 1.165) is 43.2 Å². The number of hydrogen-bond acceptors (Lipinski definition) is 5. The van der Waals surface area contributed by atoms with Gasteiger partial charge in [0.1, 0.15) is 5.75 Å². The average Bonchev–Trinajstić information content (AvgIpc) is 3.48. The lowest BCUT2D eigenvalue weighted by molar-refractivity contribution is 0.0882. The Labute approximate surface area is 190 Å². The van der Waals surface area contributed by atoms with Crippen LogP contribution in [0.15, 0.2) is 28.8 Å². The van der Waals surface area contributed by atoms with Crippen LogP contribution in [0.3, 0.4) is 0 Å². The van der Waals surface area contributed by atoms with Crippen LogP contribution in [0, 0.1) is 12.8 Å². The number of aryl methyl sites for hydroxylation is 1. The Bertz CT molecular complexity index is 924. The maximum absolute atomic E-state index is 12.3. The number of carbonyl (C=O) groups excluding carboxylic acids is 1. The number of piperidine rings is 1. The Morgan fingerprint density at radius 1 is 1.16 bits per heavy atom. The number of fused-ring (bicyclic) bond motifs is 1. The molecular weight excluding hydrogens is 402 g/mol. The SMILES string of the molecule is Cc1cc(C(=O)N[C@H]2CC[C@H](CCN3CCC(c4cccc5c4CCO5)CC3)CC2)on1. The van der Waals surface area contributed by atoms with Crippen LogP contribution in [0.5, 0.6) is 5.75 Å². The molecule has 2 aromatic rings. The molecule has 3 aliphatic rings. The van der Waals surface area contributed by atoms with E-state index in [0.29, 0.717) is 11.7 Å². The van der Waals surface area contributed by atoms with Crippen LogP contribution in [0.25, 0.3) is 0 Å². The van der Waals surface area contributed by atoms with Gasteiger partial charge in [-0.3, -0.25) is 4.79 Å². The maximum atomic E-state index is 12.3. The molecule has 1 saturated heterocycles. The van der Waals surface area contributed by atoms with Gasteiger partial charge in [-0.1, -0.05) is 17.3 Å². The topological polar surface area (TPSA) is 67.6 Å². The van der Waals surface area contributed by atoms with E-state index in [1.54, 1.807) is 11.6 Å². The van der Waals surface area contributed by atoms with E-state index in [9.17, 15) is 4.79 Å². The van der Waals surface area contributed by atoms with E-state index in [4.69, 9.17) is 9.26 Å². The minimum atomic E-state index is -0.132. The van der Waals surface area contributed by atoms with Crippen molar-refractivity contribution in [3.05, 3.63) is 46.8 Å². The summed E-state index contributed by atoms with van der Waals surface area (Å²) in [7, 11) is 0. The average molecular weight is 438 g/mol. The molecule has 1 aliphatic carbocycles. The molecule has 6 nitrogen and oxygen atoms in total. The van der Waals surface area contributed by atoms with Crippen molar-refractivity contribution in [2.24, 2.45) is 5.92 Å². The number of nitrogens with one attached hydrogen (secondary N) is 1. The number of carbonyl (C=O) groups is 1. The second kappa shape index (κ2) is 9.65. The van der Waals surface area contributed by atoms with E-state index in [-0.39, 0.29) is 11.9 Å². The Morgan fingerprint density at radius 2 is 1.97 bits per heavy atom. The number of nitrogens with zero attached hydrogens (tertiary/aromatic N) is 2. The second-order valence-corrected chi connectivity index (χ2v) is 9.85. The summed E-state index contributed by atoms with van der Waals surface area (Å²) in [6.45, 7) is 6.30. The number of hydrogen-bond donors (Lipinski definition) is 1. The number of amides is 1. The zero-order chi connectivity index (χ0) is 21.9. The Balaban J connectivity index is 1.02. The molecule has 1 N–H and O–H groups in total. The monoisotopic (exact) mass is 437 g/mol. The van der Waals surface area contributed by atoms with E-state index >= 15 is 0 Å². The van der Waals surface area contributed by atoms with Gasteiger partial charge in [0, 0.05) is 24.1 Å². The largest absolute Gasteiger partial charge is 0.493 e. The fourth-order valence-electron chi connectivity index (χ4n) is 5.79. The molecule has 0 atom stereocenters. The third-order valence-corrected chi connectivity index (χ3v) is 7.69. The zero-order valence-corrected chi connectivity index (χ0v) is 19.1. The first-order valence-electron chi connectivity index (χ1n) is 12.4. The van der Waals surface area contributed by atoms with Crippen molar-refractivity contribution in [2.75, 3.05) is 26.2 Å². The number of benzene rings is 1. The predicted molar refractivity (Wildman–Crippen MR) is 123 cm³/mol. The highest BCUT2D eigenvalue weighted by Crippen LogP contribution is 2.37. The molecule has 2 fully saturated rings. The molecule has 0 spiro atoms. The molecule has 172 valence electrons. The van der Waals surface area contributed by atoms with Crippen LogP contribution in [-0.4, -0.2) is 48.2 Å². The van der Waals surface area contributed by atoms with E-state index in [2.05, 4.69) is 33.6 Å². The minimum absolute atomic E-state index is 0.132. The molecule has 1 saturated carbocycles. The van der Waals surface area contributed by atoms with Crippen LogP contribution in [-0.2, 0) is 6.42 Å². The molecule has 0 radical (unpaired) electrons. The van der Waals surface area contributed by atoms with Gasteiger partial charge < -0.3 is 19.5 Å². The van der Waals surface area contributed by atoms with Gasteiger partial charge >= 0.3 is 0 Å². The molecule has 1 amide bonds. The third kappa shape index (κ3) is 4.85. The Kier molecular flexibility index (Phi) is 6.49. The van der Waals surface area contributed by atoms with Crippen LogP contribution in [0.2, 0.25) is 0 Å². The minimum Gasteiger partial charge on any atom is -0.493 e. The first kappa shape index (κ1) is 21.5. The summed E-state index contributed by atoms with van der Waals surface area (Å²) in [5.41, 5.74) is 3.75. The van der Waals surface area contributed by atoms with E-state index in [1.807, 2.05) is 6.92 Å². The molecule has 5 rings (SSSR count). The summed E-state index contributed by atoms with van der Waals surface area (Å²) in [6, 6.07) is 8.57. The predicted octanol–water partition coefficient (Wildman–Crippen LogP) is 4.48. The van der Waals surface area contributed by atoms with Gasteiger partial charge in [-0.2, -0.15) is 0 Å². The van der Waals surface area contributed by atoms with Crippen LogP contribution in [0.1, 0.15) is 78.2 Å². The van der Waals surface area contributed by atoms with Crippen molar-refractivity contribution in [3.8, 4) is 5.75 Å². The highest BCUT2D eigenvalue weighted by molar-refractivity contribution is 5.91. The summed E-state index contributed by atoms with van der Waals surface area (Å²) >= 11 is 0. The standard InChI is InChI=1S/C26H35N3O3/c1-18-17-25(32-28-18)26(30)27-21-7-5-19(6-8-21)9-13-29-14-10-20(11-15-29)22-3-2-4-24-23(22)12-16-31-24/h2-4,17,19-21H,5-16H2,1H3,(H,27,30)/t19-,21-. The first-order chi connectivity index (χ1) is 15.7.